The number of rotatable bonds is 10. The van der Waals surface area contributed by atoms with Gasteiger partial charge in [0.15, 0.2) is 9.84 Å². The normalized spacial score (nSPS) is 15.6. The van der Waals surface area contributed by atoms with Crippen LogP contribution in [0.4, 0.5) is 0 Å². The van der Waals surface area contributed by atoms with E-state index in [0.717, 1.165) is 19.3 Å². The summed E-state index contributed by atoms with van der Waals surface area (Å²) >= 11 is 0. The lowest BCUT2D eigenvalue weighted by Gasteiger charge is -2.06. The Morgan fingerprint density at radius 3 is 2.56 bits per heavy atom. The molecule has 0 heterocycles. The zero-order valence-electron chi connectivity index (χ0n) is 11.1. The fraction of sp³-hybridized carbons (Fsp3) is 0.917. The maximum atomic E-state index is 11.4. The molecular weight excluding hydrogens is 252 g/mol. The van der Waals surface area contributed by atoms with Crippen molar-refractivity contribution in [2.24, 2.45) is 0 Å². The molecule has 0 aromatic rings. The third-order valence-corrected chi connectivity index (χ3v) is 4.66. The standard InChI is InChI=1S/C12H24N2O3S/c1-2-9-18(16,17)10-8-13-7-3-4-12(15)14-11-5-6-11/h11,13H,2-10H2,1H3,(H,14,15). The average molecular weight is 276 g/mol. The predicted molar refractivity (Wildman–Crippen MR) is 72.2 cm³/mol. The zero-order chi connectivity index (χ0) is 13.4. The van der Waals surface area contributed by atoms with E-state index in [2.05, 4.69) is 10.6 Å². The van der Waals surface area contributed by atoms with E-state index in [1.807, 2.05) is 6.92 Å². The number of sulfone groups is 1. The Labute approximate surface area is 110 Å². The molecule has 0 aliphatic heterocycles. The first-order valence-corrected chi connectivity index (χ1v) is 8.56. The third-order valence-electron chi connectivity index (χ3n) is 2.80. The molecule has 2 N–H and O–H groups in total. The highest BCUT2D eigenvalue weighted by atomic mass is 32.2. The Morgan fingerprint density at radius 2 is 1.94 bits per heavy atom. The van der Waals surface area contributed by atoms with E-state index in [0.29, 0.717) is 32.0 Å². The lowest BCUT2D eigenvalue weighted by Crippen LogP contribution is -2.28. The molecule has 0 radical (unpaired) electrons. The molecule has 0 aromatic carbocycles. The summed E-state index contributed by atoms with van der Waals surface area (Å²) in [5.74, 6) is 0.561. The van der Waals surface area contributed by atoms with Crippen LogP contribution in [-0.4, -0.2) is 45.0 Å². The summed E-state index contributed by atoms with van der Waals surface area (Å²) in [6.07, 6.45) is 4.17. The lowest BCUT2D eigenvalue weighted by molar-refractivity contribution is -0.121. The van der Waals surface area contributed by atoms with Crippen molar-refractivity contribution in [3.05, 3.63) is 0 Å². The molecule has 1 rings (SSSR count). The summed E-state index contributed by atoms with van der Waals surface area (Å²) in [5, 5.41) is 5.99. The van der Waals surface area contributed by atoms with Crippen molar-refractivity contribution in [2.45, 2.75) is 45.1 Å². The second-order valence-corrected chi connectivity index (χ2v) is 7.15. The molecule has 0 unspecified atom stereocenters. The Morgan fingerprint density at radius 1 is 1.22 bits per heavy atom. The van der Waals surface area contributed by atoms with Crippen LogP contribution in [0.1, 0.15) is 39.0 Å². The molecule has 1 saturated carbocycles. The van der Waals surface area contributed by atoms with Gasteiger partial charge in [0.1, 0.15) is 0 Å². The van der Waals surface area contributed by atoms with E-state index in [1.165, 1.54) is 0 Å². The molecular formula is C12H24N2O3S. The molecule has 0 aromatic heterocycles. The molecule has 5 nitrogen and oxygen atoms in total. The SMILES string of the molecule is CCCS(=O)(=O)CCNCCCC(=O)NC1CC1. The summed E-state index contributed by atoms with van der Waals surface area (Å²) in [4.78, 5) is 11.3. The highest BCUT2D eigenvalue weighted by Crippen LogP contribution is 2.18. The van der Waals surface area contributed by atoms with Crippen molar-refractivity contribution in [3.8, 4) is 0 Å². The Bertz CT molecular complexity index is 350. The van der Waals surface area contributed by atoms with Gasteiger partial charge in [-0.3, -0.25) is 4.79 Å². The second-order valence-electron chi connectivity index (χ2n) is 4.85. The summed E-state index contributed by atoms with van der Waals surface area (Å²) in [6, 6.07) is 0.421. The quantitative estimate of drug-likeness (QED) is 0.568. The molecule has 1 aliphatic rings. The minimum absolute atomic E-state index is 0.109. The molecule has 106 valence electrons. The van der Waals surface area contributed by atoms with Gasteiger partial charge in [0.2, 0.25) is 5.91 Å². The van der Waals surface area contributed by atoms with Gasteiger partial charge in [-0.1, -0.05) is 6.92 Å². The van der Waals surface area contributed by atoms with Crippen molar-refractivity contribution in [1.82, 2.24) is 10.6 Å². The fourth-order valence-electron chi connectivity index (χ4n) is 1.67. The second kappa shape index (κ2) is 7.74. The molecule has 0 saturated heterocycles. The topological polar surface area (TPSA) is 75.3 Å². The van der Waals surface area contributed by atoms with Crippen LogP contribution in [-0.2, 0) is 14.6 Å². The van der Waals surface area contributed by atoms with Gasteiger partial charge >= 0.3 is 0 Å². The van der Waals surface area contributed by atoms with E-state index in [9.17, 15) is 13.2 Å². The molecule has 6 heteroatoms. The van der Waals surface area contributed by atoms with Crippen LogP contribution in [0.15, 0.2) is 0 Å². The number of hydrogen-bond acceptors (Lipinski definition) is 4. The van der Waals surface area contributed by atoms with Gasteiger partial charge in [0.05, 0.1) is 5.75 Å². The minimum atomic E-state index is -2.88. The van der Waals surface area contributed by atoms with Crippen LogP contribution >= 0.6 is 0 Å². The van der Waals surface area contributed by atoms with E-state index in [1.54, 1.807) is 0 Å². The third kappa shape index (κ3) is 7.66. The van der Waals surface area contributed by atoms with Gasteiger partial charge in [-0.15, -0.1) is 0 Å². The molecule has 0 spiro atoms. The number of nitrogens with one attached hydrogen (secondary N) is 2. The summed E-state index contributed by atoms with van der Waals surface area (Å²) in [5.41, 5.74) is 0. The van der Waals surface area contributed by atoms with Gasteiger partial charge in [-0.25, -0.2) is 8.42 Å². The van der Waals surface area contributed by atoms with Gasteiger partial charge in [0.25, 0.3) is 0 Å². The first kappa shape index (κ1) is 15.4. The van der Waals surface area contributed by atoms with Crippen molar-refractivity contribution in [3.63, 3.8) is 0 Å². The predicted octanol–water partition coefficient (Wildman–Crippen LogP) is 0.460. The van der Waals surface area contributed by atoms with Crippen molar-refractivity contribution in [2.75, 3.05) is 24.6 Å². The summed E-state index contributed by atoms with van der Waals surface area (Å²) < 4.78 is 22.8. The number of amides is 1. The monoisotopic (exact) mass is 276 g/mol. The first-order chi connectivity index (χ1) is 8.53. The van der Waals surface area contributed by atoms with Gasteiger partial charge in [0, 0.05) is 24.8 Å². The van der Waals surface area contributed by atoms with E-state index >= 15 is 0 Å². The highest BCUT2D eigenvalue weighted by Gasteiger charge is 2.22. The first-order valence-electron chi connectivity index (χ1n) is 6.74. The maximum absolute atomic E-state index is 11.4. The van der Waals surface area contributed by atoms with Crippen molar-refractivity contribution in [1.29, 1.82) is 0 Å². The number of carbonyl (C=O) groups excluding carboxylic acids is 1. The molecule has 1 aliphatic carbocycles. The zero-order valence-corrected chi connectivity index (χ0v) is 11.9. The average Bonchev–Trinajstić information content (AvgIpc) is 3.07. The molecule has 1 fully saturated rings. The lowest BCUT2D eigenvalue weighted by atomic mass is 10.3. The van der Waals surface area contributed by atoms with Crippen LogP contribution in [0.5, 0.6) is 0 Å². The molecule has 1 amide bonds. The smallest absolute Gasteiger partial charge is 0.220 e. The van der Waals surface area contributed by atoms with Gasteiger partial charge in [-0.05, 0) is 32.2 Å². The van der Waals surface area contributed by atoms with Gasteiger partial charge in [-0.2, -0.15) is 0 Å². The molecule has 18 heavy (non-hydrogen) atoms. The van der Waals surface area contributed by atoms with E-state index in [4.69, 9.17) is 0 Å². The summed E-state index contributed by atoms with van der Waals surface area (Å²) in [7, 11) is -2.88. The molecule has 0 bridgehead atoms. The van der Waals surface area contributed by atoms with Crippen molar-refractivity contribution < 1.29 is 13.2 Å². The van der Waals surface area contributed by atoms with Crippen LogP contribution in [0, 0.1) is 0 Å². The highest BCUT2D eigenvalue weighted by molar-refractivity contribution is 7.91. The van der Waals surface area contributed by atoms with E-state index < -0.39 is 9.84 Å². The fourth-order valence-corrected chi connectivity index (χ4v) is 2.95. The Kier molecular flexibility index (Phi) is 6.63. The number of carbonyl (C=O) groups is 1. The number of hydrogen-bond donors (Lipinski definition) is 2. The van der Waals surface area contributed by atoms with E-state index in [-0.39, 0.29) is 17.4 Å². The van der Waals surface area contributed by atoms with Crippen LogP contribution in [0.3, 0.4) is 0 Å². The summed E-state index contributed by atoms with van der Waals surface area (Å²) in [6.45, 7) is 3.04. The molecule has 0 atom stereocenters. The maximum Gasteiger partial charge on any atom is 0.220 e. The van der Waals surface area contributed by atoms with Crippen LogP contribution in [0.25, 0.3) is 0 Å². The van der Waals surface area contributed by atoms with Crippen LogP contribution < -0.4 is 10.6 Å². The van der Waals surface area contributed by atoms with Gasteiger partial charge < -0.3 is 10.6 Å². The largest absolute Gasteiger partial charge is 0.353 e. The van der Waals surface area contributed by atoms with Crippen molar-refractivity contribution >= 4 is 15.7 Å². The minimum Gasteiger partial charge on any atom is -0.353 e. The Balaban J connectivity index is 1.93. The van der Waals surface area contributed by atoms with Crippen LogP contribution in [0.2, 0.25) is 0 Å². The Hall–Kier alpha value is -0.620.